The van der Waals surface area contributed by atoms with Crippen molar-refractivity contribution in [3.63, 3.8) is 0 Å². The summed E-state index contributed by atoms with van der Waals surface area (Å²) in [5.74, 6) is -0.309. The van der Waals surface area contributed by atoms with Crippen molar-refractivity contribution < 1.29 is 23.3 Å². The summed E-state index contributed by atoms with van der Waals surface area (Å²) in [6, 6.07) is 14.0. The summed E-state index contributed by atoms with van der Waals surface area (Å²) in [4.78, 5) is 24.3. The van der Waals surface area contributed by atoms with Gasteiger partial charge in [0.15, 0.2) is 6.61 Å². The topological polar surface area (TPSA) is 81.7 Å². The van der Waals surface area contributed by atoms with Gasteiger partial charge in [0.25, 0.3) is 5.91 Å². The zero-order valence-corrected chi connectivity index (χ0v) is 15.5. The van der Waals surface area contributed by atoms with E-state index in [-0.39, 0.29) is 5.56 Å². The fourth-order valence-corrected chi connectivity index (χ4v) is 3.12. The van der Waals surface area contributed by atoms with E-state index in [1.807, 2.05) is 24.3 Å². The predicted molar refractivity (Wildman–Crippen MR) is 98.8 cm³/mol. The van der Waals surface area contributed by atoms with Crippen molar-refractivity contribution in [2.45, 2.75) is 11.3 Å². The molecule has 0 aliphatic rings. The number of ether oxygens (including phenoxy) is 2. The fourth-order valence-electron chi connectivity index (χ4n) is 2.39. The van der Waals surface area contributed by atoms with Crippen LogP contribution in [0.2, 0.25) is 0 Å². The average Bonchev–Trinajstić information content (AvgIpc) is 2.66. The molecule has 0 fully saturated rings. The van der Waals surface area contributed by atoms with Gasteiger partial charge in [-0.1, -0.05) is 30.3 Å². The molecule has 2 aromatic rings. The number of amides is 1. The first kappa shape index (κ1) is 19.7. The van der Waals surface area contributed by atoms with Gasteiger partial charge < -0.3 is 14.8 Å². The monoisotopic (exact) mass is 375 g/mol. The number of hydrogen-bond acceptors (Lipinski definition) is 5. The minimum absolute atomic E-state index is 0.204. The Hall–Kier alpha value is -2.67. The van der Waals surface area contributed by atoms with E-state index >= 15 is 0 Å². The molecule has 26 heavy (non-hydrogen) atoms. The first-order chi connectivity index (χ1) is 12.5. The lowest BCUT2D eigenvalue weighted by Gasteiger charge is -2.10. The number of nitrogens with one attached hydrogen (secondary N) is 1. The Morgan fingerprint density at radius 2 is 1.77 bits per heavy atom. The van der Waals surface area contributed by atoms with Crippen LogP contribution in [0.4, 0.5) is 0 Å². The number of methoxy groups -OCH3 is 1. The molecule has 2 rings (SSSR count). The molecule has 0 heterocycles. The highest BCUT2D eigenvalue weighted by Gasteiger charge is 2.16. The first-order valence-corrected chi connectivity index (χ1v) is 9.57. The van der Waals surface area contributed by atoms with E-state index in [9.17, 15) is 13.8 Å². The summed E-state index contributed by atoms with van der Waals surface area (Å²) in [6.07, 6.45) is 2.08. The fraction of sp³-hybridized carbons (Fsp3) is 0.263. The zero-order valence-electron chi connectivity index (χ0n) is 14.7. The summed E-state index contributed by atoms with van der Waals surface area (Å²) in [5, 5.41) is 2.69. The Labute approximate surface area is 155 Å². The summed E-state index contributed by atoms with van der Waals surface area (Å²) in [6.45, 7) is 0.00175. The number of carbonyl (C=O) groups excluding carboxylic acids is 2. The molecule has 1 atom stereocenters. The minimum atomic E-state index is -1.32. The van der Waals surface area contributed by atoms with Crippen molar-refractivity contribution in [2.24, 2.45) is 0 Å². The number of esters is 1. The zero-order chi connectivity index (χ0) is 18.9. The molecule has 1 amide bonds. The van der Waals surface area contributed by atoms with E-state index < -0.39 is 29.3 Å². The number of hydrogen-bond donors (Lipinski definition) is 1. The second-order valence-corrected chi connectivity index (χ2v) is 6.79. The second-order valence-electron chi connectivity index (χ2n) is 5.44. The van der Waals surface area contributed by atoms with Crippen LogP contribution in [0.15, 0.2) is 53.4 Å². The molecule has 1 N–H and O–H groups in total. The van der Waals surface area contributed by atoms with Crippen molar-refractivity contribution in [1.29, 1.82) is 0 Å². The Morgan fingerprint density at radius 3 is 2.50 bits per heavy atom. The van der Waals surface area contributed by atoms with Crippen LogP contribution >= 0.6 is 0 Å². The molecule has 138 valence electrons. The molecular formula is C19H21NO5S. The minimum Gasteiger partial charge on any atom is -0.496 e. The SMILES string of the molecule is COc1ccccc1CCNC(=O)COC(=O)c1ccccc1[S@](C)=O. The lowest BCUT2D eigenvalue weighted by molar-refractivity contribution is -0.124. The van der Waals surface area contributed by atoms with Crippen LogP contribution in [0.25, 0.3) is 0 Å². The molecule has 0 bridgehead atoms. The Morgan fingerprint density at radius 1 is 1.08 bits per heavy atom. The molecule has 7 heteroatoms. The van der Waals surface area contributed by atoms with E-state index in [2.05, 4.69) is 5.32 Å². The molecule has 0 aromatic heterocycles. The molecule has 0 unspecified atom stereocenters. The highest BCUT2D eigenvalue weighted by Crippen LogP contribution is 2.17. The largest absolute Gasteiger partial charge is 0.496 e. The molecule has 0 radical (unpaired) electrons. The number of rotatable bonds is 8. The molecule has 0 aliphatic heterocycles. The maximum absolute atomic E-state index is 12.1. The predicted octanol–water partition coefficient (Wildman–Crippen LogP) is 1.95. The van der Waals surface area contributed by atoms with E-state index in [1.165, 1.54) is 12.3 Å². The highest BCUT2D eigenvalue weighted by molar-refractivity contribution is 7.84. The lowest BCUT2D eigenvalue weighted by Crippen LogP contribution is -2.30. The summed E-state index contributed by atoms with van der Waals surface area (Å²) in [5.41, 5.74) is 1.18. The third-order valence-electron chi connectivity index (χ3n) is 3.66. The van der Waals surface area contributed by atoms with E-state index in [0.717, 1.165) is 11.3 Å². The van der Waals surface area contributed by atoms with Gasteiger partial charge in [0.2, 0.25) is 0 Å². The number of para-hydroxylation sites is 1. The van der Waals surface area contributed by atoms with Crippen LogP contribution < -0.4 is 10.1 Å². The maximum Gasteiger partial charge on any atom is 0.339 e. The van der Waals surface area contributed by atoms with E-state index in [1.54, 1.807) is 25.3 Å². The normalized spacial score (nSPS) is 11.5. The van der Waals surface area contributed by atoms with Crippen molar-refractivity contribution in [3.05, 3.63) is 59.7 Å². The summed E-state index contributed by atoms with van der Waals surface area (Å²) < 4.78 is 21.9. The van der Waals surface area contributed by atoms with Crippen LogP contribution in [0.5, 0.6) is 5.75 Å². The van der Waals surface area contributed by atoms with Gasteiger partial charge in [0.05, 0.1) is 28.4 Å². The van der Waals surface area contributed by atoms with Gasteiger partial charge in [-0.3, -0.25) is 9.00 Å². The van der Waals surface area contributed by atoms with Crippen LogP contribution in [-0.4, -0.2) is 42.6 Å². The number of carbonyl (C=O) groups is 2. The van der Waals surface area contributed by atoms with Crippen LogP contribution in [-0.2, 0) is 26.8 Å². The smallest absolute Gasteiger partial charge is 0.339 e. The Bertz CT molecular complexity index is 806. The van der Waals surface area contributed by atoms with Gasteiger partial charge in [-0.05, 0) is 30.2 Å². The molecule has 0 saturated carbocycles. The molecule has 0 aliphatic carbocycles. The molecule has 0 saturated heterocycles. The first-order valence-electron chi connectivity index (χ1n) is 8.01. The lowest BCUT2D eigenvalue weighted by atomic mass is 10.1. The third-order valence-corrected chi connectivity index (χ3v) is 4.64. The van der Waals surface area contributed by atoms with Crippen LogP contribution in [0.1, 0.15) is 15.9 Å². The van der Waals surface area contributed by atoms with Gasteiger partial charge in [0.1, 0.15) is 5.75 Å². The standard InChI is InChI=1S/C19H21NO5S/c1-24-16-9-5-3-7-14(16)11-12-20-18(21)13-25-19(22)15-8-4-6-10-17(15)26(2)23/h3-10H,11-13H2,1-2H3,(H,20,21)/t26-/m0/s1. The van der Waals surface area contributed by atoms with Gasteiger partial charge in [-0.15, -0.1) is 0 Å². The third kappa shape index (κ3) is 5.42. The summed E-state index contributed by atoms with van der Waals surface area (Å²) in [7, 11) is 0.277. The van der Waals surface area contributed by atoms with E-state index in [0.29, 0.717) is 17.9 Å². The van der Waals surface area contributed by atoms with Crippen LogP contribution in [0.3, 0.4) is 0 Å². The van der Waals surface area contributed by atoms with Crippen LogP contribution in [0, 0.1) is 0 Å². The second kappa shape index (κ2) is 9.72. The maximum atomic E-state index is 12.1. The molecule has 2 aromatic carbocycles. The highest BCUT2D eigenvalue weighted by atomic mass is 32.2. The molecule has 6 nitrogen and oxygen atoms in total. The van der Waals surface area contributed by atoms with Gasteiger partial charge in [-0.2, -0.15) is 0 Å². The average molecular weight is 375 g/mol. The number of benzene rings is 2. The van der Waals surface area contributed by atoms with Gasteiger partial charge in [-0.25, -0.2) is 4.79 Å². The molecule has 0 spiro atoms. The van der Waals surface area contributed by atoms with Crippen molar-refractivity contribution >= 4 is 22.7 Å². The Kier molecular flexibility index (Phi) is 7.35. The summed E-state index contributed by atoms with van der Waals surface area (Å²) >= 11 is 0. The van der Waals surface area contributed by atoms with Crippen molar-refractivity contribution in [1.82, 2.24) is 5.32 Å². The van der Waals surface area contributed by atoms with E-state index in [4.69, 9.17) is 9.47 Å². The van der Waals surface area contributed by atoms with Gasteiger partial charge in [0, 0.05) is 12.8 Å². The van der Waals surface area contributed by atoms with Crippen molar-refractivity contribution in [3.8, 4) is 5.75 Å². The quantitative estimate of drug-likeness (QED) is 0.713. The van der Waals surface area contributed by atoms with Crippen molar-refractivity contribution in [2.75, 3.05) is 26.5 Å². The Balaban J connectivity index is 1.82. The van der Waals surface area contributed by atoms with Gasteiger partial charge >= 0.3 is 5.97 Å². The molecular weight excluding hydrogens is 354 g/mol.